The maximum atomic E-state index is 10.8. The van der Waals surface area contributed by atoms with E-state index in [-0.39, 0.29) is 5.41 Å². The van der Waals surface area contributed by atoms with Gasteiger partial charge in [0.25, 0.3) is 0 Å². The molecule has 0 amide bonds. The molecule has 1 atom stereocenters. The van der Waals surface area contributed by atoms with Gasteiger partial charge < -0.3 is 14.8 Å². The topological polar surface area (TPSA) is 56.4 Å². The summed E-state index contributed by atoms with van der Waals surface area (Å²) in [5, 5.41) is 17.0. The average Bonchev–Trinajstić information content (AvgIpc) is 3.73. The van der Waals surface area contributed by atoms with Crippen molar-refractivity contribution in [2.24, 2.45) is 4.99 Å². The molecule has 318 valence electrons. The Balaban J connectivity index is 1.18. The largest absolute Gasteiger partial charge is 0.358 e. The lowest BCUT2D eigenvalue weighted by Crippen LogP contribution is -2.30. The van der Waals surface area contributed by atoms with E-state index in [2.05, 4.69) is 211 Å². The summed E-state index contributed by atoms with van der Waals surface area (Å²) in [5.74, 6) is 0. The molecule has 0 spiro atoms. The van der Waals surface area contributed by atoms with E-state index in [1.54, 1.807) is 0 Å². The molecule has 67 heavy (non-hydrogen) atoms. The van der Waals surface area contributed by atoms with Crippen LogP contribution < -0.4 is 10.2 Å². The summed E-state index contributed by atoms with van der Waals surface area (Å²) in [6.45, 7) is 4.72. The highest BCUT2D eigenvalue weighted by atomic mass is 15.2. The number of hydrogen-bond acceptors (Lipinski definition) is 4. The molecule has 0 radical (unpaired) electrons. The van der Waals surface area contributed by atoms with Crippen molar-refractivity contribution in [3.05, 3.63) is 258 Å². The molecule has 9 aromatic carbocycles. The number of nitrogens with one attached hydrogen (secondary N) is 1. The van der Waals surface area contributed by atoms with Gasteiger partial charge in [-0.1, -0.05) is 196 Å². The maximum Gasteiger partial charge on any atom is 0.145 e. The second-order valence-electron chi connectivity index (χ2n) is 17.8. The Hall–Kier alpha value is -8.72. The zero-order valence-corrected chi connectivity index (χ0v) is 37.2. The molecule has 0 aliphatic carbocycles. The molecule has 0 saturated carbocycles. The molecule has 10 aromatic rings. The number of rotatable bonds is 7. The SMILES string of the molecule is CC1(C)c2ccccc2N(c2ccccc2)c2c1ccc1c2c2ccccc2n1-c1c(-c2ccccc2)cc(C2N=C(c3ccccc3)C(C#N)=C(c3ccccc3)N2)cc1-c1ccccc1. The predicted molar refractivity (Wildman–Crippen MR) is 276 cm³/mol. The Morgan fingerprint density at radius 3 is 1.69 bits per heavy atom. The van der Waals surface area contributed by atoms with Crippen LogP contribution in [0.15, 0.2) is 235 Å². The molecule has 0 fully saturated rings. The summed E-state index contributed by atoms with van der Waals surface area (Å²) in [4.78, 5) is 7.93. The fourth-order valence-corrected chi connectivity index (χ4v) is 10.5. The molecular formula is C62H45N5. The number of para-hydroxylation sites is 3. The van der Waals surface area contributed by atoms with Crippen molar-refractivity contribution >= 4 is 50.3 Å². The minimum absolute atomic E-state index is 0.273. The van der Waals surface area contributed by atoms with E-state index >= 15 is 0 Å². The molecule has 3 heterocycles. The van der Waals surface area contributed by atoms with Crippen LogP contribution in [-0.2, 0) is 5.41 Å². The summed E-state index contributed by atoms with van der Waals surface area (Å²) in [5.41, 5.74) is 18.2. The first-order chi connectivity index (χ1) is 33.0. The Morgan fingerprint density at radius 2 is 1.06 bits per heavy atom. The average molecular weight is 860 g/mol. The number of fused-ring (bicyclic) bond motifs is 6. The van der Waals surface area contributed by atoms with Crippen LogP contribution in [0, 0.1) is 11.3 Å². The Kier molecular flexibility index (Phi) is 9.55. The van der Waals surface area contributed by atoms with Crippen LogP contribution >= 0.6 is 0 Å². The minimum Gasteiger partial charge on any atom is -0.358 e. The van der Waals surface area contributed by atoms with Gasteiger partial charge in [0.05, 0.1) is 39.5 Å². The number of anilines is 3. The van der Waals surface area contributed by atoms with Crippen LogP contribution in [0.4, 0.5) is 17.1 Å². The van der Waals surface area contributed by atoms with Gasteiger partial charge in [-0.25, -0.2) is 0 Å². The van der Waals surface area contributed by atoms with Crippen LogP contribution in [-0.4, -0.2) is 10.3 Å². The molecule has 2 aliphatic heterocycles. The molecule has 1 unspecified atom stereocenters. The van der Waals surface area contributed by atoms with Gasteiger partial charge in [-0.15, -0.1) is 0 Å². The Morgan fingerprint density at radius 1 is 0.522 bits per heavy atom. The smallest absolute Gasteiger partial charge is 0.145 e. The normalized spacial score (nSPS) is 15.1. The number of aromatic nitrogens is 1. The molecule has 1 aromatic heterocycles. The molecule has 5 heteroatoms. The van der Waals surface area contributed by atoms with Crippen molar-refractivity contribution in [3.8, 4) is 34.0 Å². The summed E-state index contributed by atoms with van der Waals surface area (Å²) >= 11 is 0. The second kappa shape index (κ2) is 16.1. The molecule has 1 N–H and O–H groups in total. The monoisotopic (exact) mass is 859 g/mol. The fourth-order valence-electron chi connectivity index (χ4n) is 10.5. The van der Waals surface area contributed by atoms with Gasteiger partial charge >= 0.3 is 0 Å². The number of nitriles is 1. The lowest BCUT2D eigenvalue weighted by molar-refractivity contribution is 0.633. The van der Waals surface area contributed by atoms with Crippen molar-refractivity contribution in [3.63, 3.8) is 0 Å². The standard InChI is InChI=1S/C62H45N5/c1-62(2)51-33-19-21-35-54(51)66(46-30-16-7-17-31-46)60-52(62)36-37-55-56(60)47-32-18-20-34-53(47)67(55)59-48(41-22-8-3-9-23-41)38-45(39-49(59)42-24-10-4-11-25-42)61-64-57(43-26-12-5-13-27-43)50(40-63)58(65-61)44-28-14-6-15-29-44/h3-39,61,64H,1-2H3. The van der Waals surface area contributed by atoms with Gasteiger partial charge in [-0.2, -0.15) is 5.26 Å². The summed E-state index contributed by atoms with van der Waals surface area (Å²) in [7, 11) is 0. The molecule has 5 nitrogen and oxygen atoms in total. The quantitative estimate of drug-likeness (QED) is 0.174. The van der Waals surface area contributed by atoms with Gasteiger partial charge in [-0.3, -0.25) is 4.99 Å². The van der Waals surface area contributed by atoms with Gasteiger partial charge in [0.15, 0.2) is 0 Å². The first-order valence-corrected chi connectivity index (χ1v) is 22.9. The molecule has 0 bridgehead atoms. The molecule has 2 aliphatic rings. The van der Waals surface area contributed by atoms with Crippen molar-refractivity contribution in [1.82, 2.24) is 9.88 Å². The summed E-state index contributed by atoms with van der Waals surface area (Å²) < 4.78 is 2.51. The third-order valence-electron chi connectivity index (χ3n) is 13.6. The number of nitrogens with zero attached hydrogens (tertiary/aromatic N) is 4. The van der Waals surface area contributed by atoms with E-state index in [1.807, 2.05) is 48.5 Å². The number of allylic oxidation sites excluding steroid dienone is 1. The highest BCUT2D eigenvalue weighted by molar-refractivity contribution is 6.20. The number of aliphatic imine (C=N–C) groups is 1. The van der Waals surface area contributed by atoms with Crippen LogP contribution in [0.5, 0.6) is 0 Å². The number of benzene rings is 9. The van der Waals surface area contributed by atoms with Gasteiger partial charge in [0, 0.05) is 38.6 Å². The van der Waals surface area contributed by atoms with Crippen molar-refractivity contribution in [2.75, 3.05) is 4.90 Å². The van der Waals surface area contributed by atoms with Gasteiger partial charge in [0.2, 0.25) is 0 Å². The molecule has 0 saturated heterocycles. The van der Waals surface area contributed by atoms with E-state index in [0.717, 1.165) is 67.0 Å². The van der Waals surface area contributed by atoms with E-state index in [4.69, 9.17) is 4.99 Å². The first-order valence-electron chi connectivity index (χ1n) is 22.9. The number of hydrogen-bond donors (Lipinski definition) is 1. The first kappa shape index (κ1) is 39.8. The third kappa shape index (κ3) is 6.49. The second-order valence-corrected chi connectivity index (χ2v) is 17.8. The third-order valence-corrected chi connectivity index (χ3v) is 13.6. The van der Waals surface area contributed by atoms with E-state index < -0.39 is 6.17 Å². The van der Waals surface area contributed by atoms with Crippen molar-refractivity contribution < 1.29 is 0 Å². The maximum absolute atomic E-state index is 10.8. The van der Waals surface area contributed by atoms with Gasteiger partial charge in [0.1, 0.15) is 17.8 Å². The summed E-state index contributed by atoms with van der Waals surface area (Å²) in [6, 6.07) is 82.1. The van der Waals surface area contributed by atoms with Crippen LogP contribution in [0.1, 0.15) is 47.8 Å². The summed E-state index contributed by atoms with van der Waals surface area (Å²) in [6.07, 6.45) is -0.520. The van der Waals surface area contributed by atoms with Crippen LogP contribution in [0.25, 0.3) is 55.4 Å². The van der Waals surface area contributed by atoms with Crippen LogP contribution in [0.2, 0.25) is 0 Å². The van der Waals surface area contributed by atoms with E-state index in [1.165, 1.54) is 33.3 Å². The van der Waals surface area contributed by atoms with Crippen LogP contribution in [0.3, 0.4) is 0 Å². The highest BCUT2D eigenvalue weighted by Gasteiger charge is 2.39. The Labute approximate surface area is 390 Å². The van der Waals surface area contributed by atoms with E-state index in [0.29, 0.717) is 11.3 Å². The zero-order valence-electron chi connectivity index (χ0n) is 37.2. The zero-order chi connectivity index (χ0) is 45.1. The molecular weight excluding hydrogens is 815 g/mol. The lowest BCUT2D eigenvalue weighted by Gasteiger charge is -2.42. The minimum atomic E-state index is -0.520. The fraction of sp³-hybridized carbons (Fsp3) is 0.0645. The van der Waals surface area contributed by atoms with E-state index in [9.17, 15) is 5.26 Å². The van der Waals surface area contributed by atoms with Crippen molar-refractivity contribution in [1.29, 1.82) is 5.26 Å². The predicted octanol–water partition coefficient (Wildman–Crippen LogP) is 15.3. The highest BCUT2D eigenvalue weighted by Crippen LogP contribution is 2.56. The lowest BCUT2D eigenvalue weighted by atomic mass is 9.73. The Bertz CT molecular complexity index is 3560. The molecule has 12 rings (SSSR count). The van der Waals surface area contributed by atoms with Gasteiger partial charge in [-0.05, 0) is 75.8 Å². The van der Waals surface area contributed by atoms with Crippen molar-refractivity contribution in [2.45, 2.75) is 25.4 Å².